The summed E-state index contributed by atoms with van der Waals surface area (Å²) in [5, 5.41) is 2.93. The Balaban J connectivity index is 1.38. The fourth-order valence-corrected chi connectivity index (χ4v) is 3.79. The van der Waals surface area contributed by atoms with Crippen molar-refractivity contribution in [1.29, 1.82) is 0 Å². The molecule has 1 fully saturated rings. The van der Waals surface area contributed by atoms with Gasteiger partial charge in [-0.3, -0.25) is 9.79 Å². The molecular weight excluding hydrogens is 405 g/mol. The molecule has 0 saturated heterocycles. The van der Waals surface area contributed by atoms with Crippen molar-refractivity contribution < 1.29 is 13.9 Å². The summed E-state index contributed by atoms with van der Waals surface area (Å²) in [7, 11) is 0. The minimum absolute atomic E-state index is 0.165. The standard InChI is InChI=1S/C26H20FN3O2/c1-28-19-4-2-3-16(11-19)21-9-5-17(12-25(21)32-20-7-8-20)26(31)30-13-18-6-10-24(27)23-15-29-14-22(18)23/h2-6,9-12,15,20H,7-8,13-14H2,(H,30,31). The third-order valence-corrected chi connectivity index (χ3v) is 5.66. The summed E-state index contributed by atoms with van der Waals surface area (Å²) in [4.78, 5) is 20.5. The zero-order chi connectivity index (χ0) is 22.1. The Bertz CT molecular complexity index is 1290. The lowest BCUT2D eigenvalue weighted by molar-refractivity contribution is 0.0950. The van der Waals surface area contributed by atoms with Crippen molar-refractivity contribution >= 4 is 17.8 Å². The van der Waals surface area contributed by atoms with Gasteiger partial charge in [0.2, 0.25) is 0 Å². The largest absolute Gasteiger partial charge is 0.490 e. The first kappa shape index (κ1) is 20.0. The van der Waals surface area contributed by atoms with Crippen LogP contribution in [0, 0.1) is 12.4 Å². The molecule has 1 aliphatic carbocycles. The molecule has 6 heteroatoms. The highest BCUT2D eigenvalue weighted by Gasteiger charge is 2.25. The predicted octanol–water partition coefficient (Wildman–Crippen LogP) is 5.45. The summed E-state index contributed by atoms with van der Waals surface area (Å²) < 4.78 is 20.0. The summed E-state index contributed by atoms with van der Waals surface area (Å²) in [6.45, 7) is 7.97. The first-order valence-corrected chi connectivity index (χ1v) is 10.5. The van der Waals surface area contributed by atoms with Crippen LogP contribution in [0.15, 0.2) is 59.6 Å². The number of fused-ring (bicyclic) bond motifs is 1. The number of nitrogens with zero attached hydrogens (tertiary/aromatic N) is 2. The number of carbonyl (C=O) groups excluding carboxylic acids is 1. The summed E-state index contributed by atoms with van der Waals surface area (Å²) in [5.74, 6) is 0.110. The molecule has 0 spiro atoms. The molecule has 1 N–H and O–H groups in total. The molecule has 1 saturated carbocycles. The highest BCUT2D eigenvalue weighted by atomic mass is 19.1. The van der Waals surface area contributed by atoms with Gasteiger partial charge in [-0.15, -0.1) is 0 Å². The molecule has 0 radical (unpaired) electrons. The van der Waals surface area contributed by atoms with E-state index in [2.05, 4.69) is 15.2 Å². The number of rotatable bonds is 6. The van der Waals surface area contributed by atoms with Crippen molar-refractivity contribution in [1.82, 2.24) is 5.32 Å². The third kappa shape index (κ3) is 3.97. The molecule has 2 aliphatic rings. The van der Waals surface area contributed by atoms with E-state index in [-0.39, 0.29) is 17.8 Å². The van der Waals surface area contributed by atoms with Gasteiger partial charge in [0.25, 0.3) is 5.91 Å². The van der Waals surface area contributed by atoms with Crippen molar-refractivity contribution in [2.75, 3.05) is 0 Å². The van der Waals surface area contributed by atoms with Gasteiger partial charge >= 0.3 is 0 Å². The Labute approximate surface area is 185 Å². The maximum Gasteiger partial charge on any atom is 0.251 e. The van der Waals surface area contributed by atoms with E-state index in [1.807, 2.05) is 24.3 Å². The number of carbonyl (C=O) groups is 1. The zero-order valence-corrected chi connectivity index (χ0v) is 17.3. The second-order valence-corrected chi connectivity index (χ2v) is 7.94. The number of ether oxygens (including phenoxy) is 1. The molecule has 1 heterocycles. The summed E-state index contributed by atoms with van der Waals surface area (Å²) in [6.07, 6.45) is 3.70. The summed E-state index contributed by atoms with van der Waals surface area (Å²) in [6, 6.07) is 15.8. The van der Waals surface area contributed by atoms with Crippen LogP contribution in [0.5, 0.6) is 5.75 Å². The summed E-state index contributed by atoms with van der Waals surface area (Å²) >= 11 is 0. The van der Waals surface area contributed by atoms with Crippen molar-refractivity contribution in [3.63, 3.8) is 0 Å². The average molecular weight is 425 g/mol. The molecule has 1 aliphatic heterocycles. The van der Waals surface area contributed by atoms with Crippen LogP contribution in [0.3, 0.4) is 0 Å². The second kappa shape index (κ2) is 8.27. The highest BCUT2D eigenvalue weighted by molar-refractivity contribution is 5.95. The van der Waals surface area contributed by atoms with Gasteiger partial charge in [0.1, 0.15) is 11.6 Å². The number of amides is 1. The first-order chi connectivity index (χ1) is 15.6. The molecule has 1 amide bonds. The Hall–Kier alpha value is -3.98. The lowest BCUT2D eigenvalue weighted by Crippen LogP contribution is -2.23. The molecule has 0 unspecified atom stereocenters. The number of nitrogens with one attached hydrogen (secondary N) is 1. The molecule has 0 aromatic heterocycles. The quantitative estimate of drug-likeness (QED) is 0.534. The van der Waals surface area contributed by atoms with Crippen LogP contribution in [0.1, 0.15) is 39.9 Å². The van der Waals surface area contributed by atoms with Crippen molar-refractivity contribution in [3.8, 4) is 16.9 Å². The van der Waals surface area contributed by atoms with Crippen LogP contribution in [0.2, 0.25) is 0 Å². The van der Waals surface area contributed by atoms with Gasteiger partial charge in [-0.1, -0.05) is 24.3 Å². The van der Waals surface area contributed by atoms with E-state index in [4.69, 9.17) is 11.3 Å². The van der Waals surface area contributed by atoms with E-state index in [1.54, 1.807) is 30.5 Å². The third-order valence-electron chi connectivity index (χ3n) is 5.66. The molecule has 5 rings (SSSR count). The van der Waals surface area contributed by atoms with Crippen molar-refractivity contribution in [2.24, 2.45) is 4.99 Å². The fraction of sp³-hybridized carbons (Fsp3) is 0.192. The van der Waals surface area contributed by atoms with E-state index < -0.39 is 0 Å². The highest BCUT2D eigenvalue weighted by Crippen LogP contribution is 2.37. The van der Waals surface area contributed by atoms with Crippen LogP contribution in [0.25, 0.3) is 16.0 Å². The van der Waals surface area contributed by atoms with Gasteiger partial charge in [0.15, 0.2) is 5.69 Å². The normalized spacial score (nSPS) is 14.0. The second-order valence-electron chi connectivity index (χ2n) is 7.94. The Morgan fingerprint density at radius 1 is 1.19 bits per heavy atom. The number of benzene rings is 3. The maximum atomic E-state index is 13.9. The number of aliphatic imine (C=N–C) groups is 1. The molecular formula is C26H20FN3O2. The van der Waals surface area contributed by atoms with Crippen LogP contribution < -0.4 is 10.1 Å². The summed E-state index contributed by atoms with van der Waals surface area (Å²) in [5.41, 5.74) is 4.95. The lowest BCUT2D eigenvalue weighted by atomic mass is 10.0. The average Bonchev–Trinajstić information content (AvgIpc) is 3.49. The lowest BCUT2D eigenvalue weighted by Gasteiger charge is -2.14. The molecule has 0 bridgehead atoms. The molecule has 158 valence electrons. The van der Waals surface area contributed by atoms with E-state index in [9.17, 15) is 9.18 Å². The predicted molar refractivity (Wildman–Crippen MR) is 121 cm³/mol. The van der Waals surface area contributed by atoms with Crippen LogP contribution in [-0.4, -0.2) is 18.2 Å². The van der Waals surface area contributed by atoms with Crippen LogP contribution in [-0.2, 0) is 13.1 Å². The Morgan fingerprint density at radius 2 is 2.06 bits per heavy atom. The molecule has 0 atom stereocenters. The number of hydrogen-bond acceptors (Lipinski definition) is 3. The molecule has 3 aromatic carbocycles. The number of hydrogen-bond donors (Lipinski definition) is 1. The minimum Gasteiger partial charge on any atom is -0.490 e. The van der Waals surface area contributed by atoms with E-state index in [1.165, 1.54) is 6.07 Å². The van der Waals surface area contributed by atoms with Gasteiger partial charge in [-0.25, -0.2) is 9.24 Å². The number of halogens is 1. The van der Waals surface area contributed by atoms with E-state index in [0.717, 1.165) is 35.1 Å². The molecule has 3 aromatic rings. The smallest absolute Gasteiger partial charge is 0.251 e. The van der Waals surface area contributed by atoms with Crippen LogP contribution >= 0.6 is 0 Å². The SMILES string of the molecule is [C-]#[N+]c1cccc(-c2ccc(C(=O)NCc3ccc(F)c4c3CN=C4)cc2OC2CC2)c1. The first-order valence-electron chi connectivity index (χ1n) is 10.5. The maximum absolute atomic E-state index is 13.9. The van der Waals surface area contributed by atoms with Crippen molar-refractivity contribution in [3.05, 3.63) is 94.1 Å². The molecule has 5 nitrogen and oxygen atoms in total. The molecule has 32 heavy (non-hydrogen) atoms. The van der Waals surface area contributed by atoms with Gasteiger partial charge in [0.05, 0.1) is 19.2 Å². The minimum atomic E-state index is -0.295. The van der Waals surface area contributed by atoms with Crippen LogP contribution in [0.4, 0.5) is 10.1 Å². The van der Waals surface area contributed by atoms with Gasteiger partial charge in [0, 0.05) is 29.4 Å². The van der Waals surface area contributed by atoms with E-state index >= 15 is 0 Å². The topological polar surface area (TPSA) is 55.0 Å². The Morgan fingerprint density at radius 3 is 2.88 bits per heavy atom. The monoisotopic (exact) mass is 425 g/mol. The van der Waals surface area contributed by atoms with E-state index in [0.29, 0.717) is 35.7 Å². The fourth-order valence-electron chi connectivity index (χ4n) is 3.79. The zero-order valence-electron chi connectivity index (χ0n) is 17.3. The van der Waals surface area contributed by atoms with Gasteiger partial charge < -0.3 is 10.1 Å². The Kier molecular flexibility index (Phi) is 5.16. The van der Waals surface area contributed by atoms with Gasteiger partial charge in [-0.2, -0.15) is 0 Å². The van der Waals surface area contributed by atoms with Gasteiger partial charge in [-0.05, 0) is 59.9 Å². The van der Waals surface area contributed by atoms with Crippen molar-refractivity contribution in [2.45, 2.75) is 32.0 Å².